The second-order valence-electron chi connectivity index (χ2n) is 4.71. The third-order valence-corrected chi connectivity index (χ3v) is 4.01. The number of hydrogen-bond donors (Lipinski definition) is 1. The highest BCUT2D eigenvalue weighted by Gasteiger charge is 2.18. The largest absolute Gasteiger partial charge is 0.496 e. The zero-order valence-electron chi connectivity index (χ0n) is 12.1. The molecular weight excluding hydrogens is 337 g/mol. The van der Waals surface area contributed by atoms with Crippen molar-refractivity contribution < 1.29 is 13.9 Å². The predicted molar refractivity (Wildman–Crippen MR) is 84.4 cm³/mol. The normalized spacial score (nSPS) is 12.1. The lowest BCUT2D eigenvalue weighted by molar-refractivity contribution is 0.403. The van der Waals surface area contributed by atoms with E-state index in [0.29, 0.717) is 15.8 Å². The van der Waals surface area contributed by atoms with Gasteiger partial charge in [0.1, 0.15) is 17.3 Å². The maximum absolute atomic E-state index is 13.6. The Morgan fingerprint density at radius 2 is 1.76 bits per heavy atom. The summed E-state index contributed by atoms with van der Waals surface area (Å²) in [6.07, 6.45) is 0. The Balaban J connectivity index is 2.49. The van der Waals surface area contributed by atoms with Crippen molar-refractivity contribution in [2.75, 3.05) is 14.2 Å². The summed E-state index contributed by atoms with van der Waals surface area (Å²) in [6.45, 7) is 1.96. The molecule has 0 bridgehead atoms. The van der Waals surface area contributed by atoms with Crippen molar-refractivity contribution in [3.05, 3.63) is 57.3 Å². The topological polar surface area (TPSA) is 44.5 Å². The van der Waals surface area contributed by atoms with E-state index >= 15 is 0 Å². The monoisotopic (exact) mass is 353 g/mol. The van der Waals surface area contributed by atoms with Crippen LogP contribution < -0.4 is 15.2 Å². The van der Waals surface area contributed by atoms with Crippen molar-refractivity contribution >= 4 is 15.9 Å². The van der Waals surface area contributed by atoms with Crippen LogP contribution >= 0.6 is 15.9 Å². The Labute approximate surface area is 132 Å². The molecule has 1 unspecified atom stereocenters. The maximum atomic E-state index is 13.6. The lowest BCUT2D eigenvalue weighted by Crippen LogP contribution is -2.13. The average Bonchev–Trinajstić information content (AvgIpc) is 2.49. The fourth-order valence-corrected chi connectivity index (χ4v) is 2.53. The Kier molecular flexibility index (Phi) is 4.85. The maximum Gasteiger partial charge on any atom is 0.141 e. The van der Waals surface area contributed by atoms with Gasteiger partial charge in [-0.05, 0) is 46.1 Å². The van der Waals surface area contributed by atoms with E-state index in [1.54, 1.807) is 13.2 Å². The first-order chi connectivity index (χ1) is 9.97. The molecule has 2 N–H and O–H groups in total. The van der Waals surface area contributed by atoms with Crippen molar-refractivity contribution in [3.63, 3.8) is 0 Å². The summed E-state index contributed by atoms with van der Waals surface area (Å²) in [4.78, 5) is 0. The van der Waals surface area contributed by atoms with Crippen LogP contribution in [0.5, 0.6) is 11.5 Å². The van der Waals surface area contributed by atoms with Crippen LogP contribution in [0.15, 0.2) is 34.8 Å². The van der Waals surface area contributed by atoms with Gasteiger partial charge < -0.3 is 15.2 Å². The number of halogens is 2. The molecule has 0 aromatic heterocycles. The van der Waals surface area contributed by atoms with E-state index in [-0.39, 0.29) is 5.82 Å². The number of rotatable bonds is 4. The number of benzene rings is 2. The van der Waals surface area contributed by atoms with E-state index in [0.717, 1.165) is 16.9 Å². The van der Waals surface area contributed by atoms with E-state index < -0.39 is 6.04 Å². The lowest BCUT2D eigenvalue weighted by atomic mass is 9.97. The Morgan fingerprint density at radius 3 is 2.38 bits per heavy atom. The molecule has 0 amide bonds. The van der Waals surface area contributed by atoms with Gasteiger partial charge in [-0.15, -0.1) is 0 Å². The fraction of sp³-hybridized carbons (Fsp3) is 0.250. The molecule has 0 fully saturated rings. The minimum Gasteiger partial charge on any atom is -0.496 e. The van der Waals surface area contributed by atoms with Gasteiger partial charge in [0.05, 0.1) is 24.7 Å². The first-order valence-corrected chi connectivity index (χ1v) is 7.20. The second kappa shape index (κ2) is 6.45. The van der Waals surface area contributed by atoms with Gasteiger partial charge in [-0.25, -0.2) is 4.39 Å². The molecule has 21 heavy (non-hydrogen) atoms. The SMILES string of the molecule is COc1cc(C(N)c2cc(Br)c(F)cc2OC)ccc1C. The van der Waals surface area contributed by atoms with Crippen LogP contribution in [0.25, 0.3) is 0 Å². The molecule has 0 radical (unpaired) electrons. The van der Waals surface area contributed by atoms with Gasteiger partial charge in [-0.1, -0.05) is 12.1 Å². The molecule has 0 saturated heterocycles. The number of ether oxygens (including phenoxy) is 2. The summed E-state index contributed by atoms with van der Waals surface area (Å²) >= 11 is 3.18. The minimum absolute atomic E-state index is 0.354. The molecule has 1 atom stereocenters. The van der Waals surface area contributed by atoms with Crippen molar-refractivity contribution in [3.8, 4) is 11.5 Å². The summed E-state index contributed by atoms with van der Waals surface area (Å²) in [5.41, 5.74) is 8.91. The molecule has 0 aliphatic heterocycles. The molecule has 0 heterocycles. The zero-order valence-corrected chi connectivity index (χ0v) is 13.7. The van der Waals surface area contributed by atoms with Crippen molar-refractivity contribution in [2.24, 2.45) is 5.73 Å². The van der Waals surface area contributed by atoms with Crippen molar-refractivity contribution in [1.29, 1.82) is 0 Å². The van der Waals surface area contributed by atoms with E-state index in [1.165, 1.54) is 13.2 Å². The van der Waals surface area contributed by atoms with Gasteiger partial charge in [0.25, 0.3) is 0 Å². The molecule has 2 aromatic carbocycles. The number of methoxy groups -OCH3 is 2. The second-order valence-corrected chi connectivity index (χ2v) is 5.57. The highest BCUT2D eigenvalue weighted by Crippen LogP contribution is 2.34. The van der Waals surface area contributed by atoms with Crippen LogP contribution in [0.3, 0.4) is 0 Å². The van der Waals surface area contributed by atoms with Crippen molar-refractivity contribution in [1.82, 2.24) is 0 Å². The fourth-order valence-electron chi connectivity index (χ4n) is 2.17. The first kappa shape index (κ1) is 15.8. The molecule has 0 aliphatic rings. The zero-order chi connectivity index (χ0) is 15.6. The molecule has 5 heteroatoms. The third kappa shape index (κ3) is 3.19. The standard InChI is InChI=1S/C16H17BrFNO2/c1-9-4-5-10(6-14(9)20-2)16(19)11-7-12(17)13(18)8-15(11)21-3/h4-8,16H,19H2,1-3H3. The van der Waals surface area contributed by atoms with Crippen LogP contribution in [0.1, 0.15) is 22.7 Å². The van der Waals surface area contributed by atoms with Gasteiger partial charge in [0.2, 0.25) is 0 Å². The van der Waals surface area contributed by atoms with Crippen LogP contribution in [0.4, 0.5) is 4.39 Å². The van der Waals surface area contributed by atoms with E-state index in [1.807, 2.05) is 25.1 Å². The Bertz CT molecular complexity index is 661. The van der Waals surface area contributed by atoms with Crippen LogP contribution in [-0.2, 0) is 0 Å². The predicted octanol–water partition coefficient (Wildman–Crippen LogP) is 3.96. The van der Waals surface area contributed by atoms with Crippen LogP contribution in [0.2, 0.25) is 0 Å². The number of aryl methyl sites for hydroxylation is 1. The van der Waals surface area contributed by atoms with Gasteiger partial charge in [0, 0.05) is 11.6 Å². The summed E-state index contributed by atoms with van der Waals surface area (Å²) in [5, 5.41) is 0. The average molecular weight is 354 g/mol. The van der Waals surface area contributed by atoms with Gasteiger partial charge in [0.15, 0.2) is 0 Å². The molecule has 2 rings (SSSR count). The summed E-state index contributed by atoms with van der Waals surface area (Å²) in [7, 11) is 3.11. The number of nitrogens with two attached hydrogens (primary N) is 1. The quantitative estimate of drug-likeness (QED) is 0.904. The third-order valence-electron chi connectivity index (χ3n) is 3.40. The minimum atomic E-state index is -0.439. The van der Waals surface area contributed by atoms with Gasteiger partial charge >= 0.3 is 0 Å². The molecule has 3 nitrogen and oxygen atoms in total. The lowest BCUT2D eigenvalue weighted by Gasteiger charge is -2.18. The highest BCUT2D eigenvalue weighted by molar-refractivity contribution is 9.10. The molecule has 2 aromatic rings. The van der Waals surface area contributed by atoms with E-state index in [9.17, 15) is 4.39 Å². The Hall–Kier alpha value is -1.59. The van der Waals surface area contributed by atoms with Gasteiger partial charge in [-0.2, -0.15) is 0 Å². The molecular formula is C16H17BrFNO2. The van der Waals surface area contributed by atoms with E-state index in [2.05, 4.69) is 15.9 Å². The highest BCUT2D eigenvalue weighted by atomic mass is 79.9. The van der Waals surface area contributed by atoms with Crippen LogP contribution in [0, 0.1) is 12.7 Å². The number of hydrogen-bond acceptors (Lipinski definition) is 3. The molecule has 0 aliphatic carbocycles. The summed E-state index contributed by atoms with van der Waals surface area (Å²) < 4.78 is 24.5. The Morgan fingerprint density at radius 1 is 1.10 bits per heavy atom. The smallest absolute Gasteiger partial charge is 0.141 e. The van der Waals surface area contributed by atoms with Crippen LogP contribution in [-0.4, -0.2) is 14.2 Å². The first-order valence-electron chi connectivity index (χ1n) is 6.41. The summed E-state index contributed by atoms with van der Waals surface area (Å²) in [6, 6.07) is 8.29. The molecule has 112 valence electrons. The molecule has 0 saturated carbocycles. The van der Waals surface area contributed by atoms with E-state index in [4.69, 9.17) is 15.2 Å². The molecule has 0 spiro atoms. The van der Waals surface area contributed by atoms with Gasteiger partial charge in [-0.3, -0.25) is 0 Å². The summed E-state index contributed by atoms with van der Waals surface area (Å²) in [5.74, 6) is 0.801. The van der Waals surface area contributed by atoms with Crippen molar-refractivity contribution in [2.45, 2.75) is 13.0 Å².